The standard InChI is InChI=1S/C15H17ClN2S.ClH/c16-14-4-2-1-3-13(14)15-9-17-6-7-18(15)10-12-5-8-19-11-12;/h1-5,8,11,15,17H,6-7,9-10H2;1H. The Morgan fingerprint density at radius 2 is 2.15 bits per heavy atom. The van der Waals surface area contributed by atoms with Crippen LogP contribution in [0.15, 0.2) is 41.1 Å². The Morgan fingerprint density at radius 3 is 2.90 bits per heavy atom. The number of hydrogen-bond donors (Lipinski definition) is 1. The van der Waals surface area contributed by atoms with Crippen LogP contribution in [0, 0.1) is 0 Å². The van der Waals surface area contributed by atoms with Crippen LogP contribution >= 0.6 is 35.3 Å². The predicted octanol–water partition coefficient (Wildman–Crippen LogP) is 3.97. The zero-order chi connectivity index (χ0) is 13.1. The Labute approximate surface area is 135 Å². The van der Waals surface area contributed by atoms with Gasteiger partial charge in [0.05, 0.1) is 0 Å². The Balaban J connectivity index is 0.00000147. The molecule has 1 aliphatic rings. The van der Waals surface area contributed by atoms with Gasteiger partial charge in [-0.25, -0.2) is 0 Å². The van der Waals surface area contributed by atoms with Crippen LogP contribution in [0.25, 0.3) is 0 Å². The lowest BCUT2D eigenvalue weighted by Gasteiger charge is -2.36. The molecule has 5 heteroatoms. The minimum atomic E-state index is 0. The quantitative estimate of drug-likeness (QED) is 0.917. The third-order valence-electron chi connectivity index (χ3n) is 3.58. The number of piperazine rings is 1. The number of rotatable bonds is 3. The number of benzene rings is 1. The fraction of sp³-hybridized carbons (Fsp3) is 0.333. The van der Waals surface area contributed by atoms with Gasteiger partial charge in [0.15, 0.2) is 0 Å². The average molecular weight is 329 g/mol. The first-order chi connectivity index (χ1) is 9.34. The Hall–Kier alpha value is -0.580. The number of nitrogens with zero attached hydrogens (tertiary/aromatic N) is 1. The van der Waals surface area contributed by atoms with Crippen LogP contribution in [0.5, 0.6) is 0 Å². The van der Waals surface area contributed by atoms with E-state index >= 15 is 0 Å². The molecule has 20 heavy (non-hydrogen) atoms. The zero-order valence-corrected chi connectivity index (χ0v) is 13.5. The minimum Gasteiger partial charge on any atom is -0.314 e. The summed E-state index contributed by atoms with van der Waals surface area (Å²) in [5, 5.41) is 8.71. The number of nitrogens with one attached hydrogen (secondary N) is 1. The van der Waals surface area contributed by atoms with Crippen molar-refractivity contribution in [3.63, 3.8) is 0 Å². The van der Waals surface area contributed by atoms with Crippen LogP contribution in [0.3, 0.4) is 0 Å². The Bertz CT molecular complexity index is 530. The lowest BCUT2D eigenvalue weighted by atomic mass is 10.0. The van der Waals surface area contributed by atoms with Gasteiger partial charge >= 0.3 is 0 Å². The zero-order valence-electron chi connectivity index (χ0n) is 11.1. The van der Waals surface area contributed by atoms with Gasteiger partial charge in [0.2, 0.25) is 0 Å². The van der Waals surface area contributed by atoms with Gasteiger partial charge in [0.1, 0.15) is 0 Å². The van der Waals surface area contributed by atoms with E-state index in [1.165, 1.54) is 11.1 Å². The van der Waals surface area contributed by atoms with Gasteiger partial charge in [-0.05, 0) is 34.0 Å². The van der Waals surface area contributed by atoms with Crippen molar-refractivity contribution in [2.75, 3.05) is 19.6 Å². The minimum absolute atomic E-state index is 0. The molecular formula is C15H18Cl2N2S. The molecule has 0 bridgehead atoms. The molecule has 108 valence electrons. The fourth-order valence-electron chi connectivity index (χ4n) is 2.60. The normalized spacial score (nSPS) is 19.6. The van der Waals surface area contributed by atoms with E-state index in [1.807, 2.05) is 12.1 Å². The number of thiophene rings is 1. The predicted molar refractivity (Wildman–Crippen MR) is 89.0 cm³/mol. The summed E-state index contributed by atoms with van der Waals surface area (Å²) in [6.45, 7) is 4.08. The number of halogens is 2. The first-order valence-electron chi connectivity index (χ1n) is 6.55. The van der Waals surface area contributed by atoms with Gasteiger partial charge in [-0.2, -0.15) is 11.3 Å². The second kappa shape index (κ2) is 7.43. The summed E-state index contributed by atoms with van der Waals surface area (Å²) in [5.74, 6) is 0. The van der Waals surface area contributed by atoms with Crippen LogP contribution in [-0.4, -0.2) is 24.5 Å². The highest BCUT2D eigenvalue weighted by Gasteiger charge is 2.25. The van der Waals surface area contributed by atoms with Crippen LogP contribution in [0.2, 0.25) is 5.02 Å². The van der Waals surface area contributed by atoms with E-state index in [9.17, 15) is 0 Å². The van der Waals surface area contributed by atoms with Crippen molar-refractivity contribution in [2.45, 2.75) is 12.6 Å². The first-order valence-corrected chi connectivity index (χ1v) is 7.87. The van der Waals surface area contributed by atoms with E-state index in [0.717, 1.165) is 31.2 Å². The maximum absolute atomic E-state index is 6.35. The highest BCUT2D eigenvalue weighted by atomic mass is 35.5. The molecule has 0 amide bonds. The topological polar surface area (TPSA) is 15.3 Å². The summed E-state index contributed by atoms with van der Waals surface area (Å²) >= 11 is 8.11. The Morgan fingerprint density at radius 1 is 1.30 bits per heavy atom. The van der Waals surface area contributed by atoms with Crippen LogP contribution < -0.4 is 5.32 Å². The molecule has 0 saturated carbocycles. The number of hydrogen-bond acceptors (Lipinski definition) is 3. The lowest BCUT2D eigenvalue weighted by Crippen LogP contribution is -2.45. The second-order valence-corrected chi connectivity index (χ2v) is 6.03. The van der Waals surface area contributed by atoms with Gasteiger partial charge in [0, 0.05) is 37.2 Å². The summed E-state index contributed by atoms with van der Waals surface area (Å²) in [5.41, 5.74) is 2.62. The molecule has 0 spiro atoms. The summed E-state index contributed by atoms with van der Waals surface area (Å²) in [4.78, 5) is 2.51. The van der Waals surface area contributed by atoms with Gasteiger partial charge in [0.25, 0.3) is 0 Å². The summed E-state index contributed by atoms with van der Waals surface area (Å²) in [6.07, 6.45) is 0. The maximum Gasteiger partial charge on any atom is 0.0491 e. The molecule has 2 heterocycles. The maximum atomic E-state index is 6.35. The average Bonchev–Trinajstić information content (AvgIpc) is 2.93. The molecule has 2 nitrogen and oxygen atoms in total. The van der Waals surface area contributed by atoms with Crippen molar-refractivity contribution in [1.29, 1.82) is 0 Å². The van der Waals surface area contributed by atoms with Crippen LogP contribution in [0.4, 0.5) is 0 Å². The van der Waals surface area contributed by atoms with E-state index in [1.54, 1.807) is 11.3 Å². The third-order valence-corrected chi connectivity index (χ3v) is 4.66. The summed E-state index contributed by atoms with van der Waals surface area (Å²) in [7, 11) is 0. The molecule has 1 saturated heterocycles. The van der Waals surface area contributed by atoms with E-state index in [-0.39, 0.29) is 12.4 Å². The lowest BCUT2D eigenvalue weighted by molar-refractivity contribution is 0.154. The summed E-state index contributed by atoms with van der Waals surface area (Å²) in [6, 6.07) is 10.7. The smallest absolute Gasteiger partial charge is 0.0491 e. The van der Waals surface area contributed by atoms with Crippen molar-refractivity contribution in [3.8, 4) is 0 Å². The molecule has 3 rings (SSSR count). The second-order valence-electron chi connectivity index (χ2n) is 4.84. The van der Waals surface area contributed by atoms with Crippen molar-refractivity contribution in [1.82, 2.24) is 10.2 Å². The van der Waals surface area contributed by atoms with Gasteiger partial charge in [-0.15, -0.1) is 12.4 Å². The largest absolute Gasteiger partial charge is 0.314 e. The molecule has 1 N–H and O–H groups in total. The molecule has 1 unspecified atom stereocenters. The van der Waals surface area contributed by atoms with Crippen LogP contribution in [0.1, 0.15) is 17.2 Å². The molecule has 1 atom stereocenters. The third kappa shape index (κ3) is 3.54. The molecule has 0 radical (unpaired) electrons. The molecule has 1 fully saturated rings. The van der Waals surface area contributed by atoms with Gasteiger partial charge < -0.3 is 5.32 Å². The molecule has 1 aromatic carbocycles. The highest BCUT2D eigenvalue weighted by molar-refractivity contribution is 7.07. The van der Waals surface area contributed by atoms with Gasteiger partial charge in [-0.3, -0.25) is 4.90 Å². The van der Waals surface area contributed by atoms with Crippen molar-refractivity contribution >= 4 is 35.3 Å². The monoisotopic (exact) mass is 328 g/mol. The van der Waals surface area contributed by atoms with Crippen molar-refractivity contribution in [2.24, 2.45) is 0 Å². The molecular weight excluding hydrogens is 311 g/mol. The first kappa shape index (κ1) is 15.8. The van der Waals surface area contributed by atoms with Crippen molar-refractivity contribution < 1.29 is 0 Å². The molecule has 2 aromatic rings. The molecule has 1 aromatic heterocycles. The summed E-state index contributed by atoms with van der Waals surface area (Å²) < 4.78 is 0. The highest BCUT2D eigenvalue weighted by Crippen LogP contribution is 2.29. The van der Waals surface area contributed by atoms with Crippen LogP contribution in [-0.2, 0) is 6.54 Å². The fourth-order valence-corrected chi connectivity index (χ4v) is 3.53. The molecule has 0 aliphatic carbocycles. The van der Waals surface area contributed by atoms with E-state index in [0.29, 0.717) is 6.04 Å². The molecule has 1 aliphatic heterocycles. The van der Waals surface area contributed by atoms with Gasteiger partial charge in [-0.1, -0.05) is 29.8 Å². The Kier molecular flexibility index (Phi) is 5.87. The van der Waals surface area contributed by atoms with E-state index < -0.39 is 0 Å². The van der Waals surface area contributed by atoms with Crippen molar-refractivity contribution in [3.05, 3.63) is 57.2 Å². The van der Waals surface area contributed by atoms with E-state index in [2.05, 4.69) is 39.2 Å². The SMILES string of the molecule is Cl.Clc1ccccc1C1CNCCN1Cc1ccsc1. The van der Waals surface area contributed by atoms with E-state index in [4.69, 9.17) is 11.6 Å².